The van der Waals surface area contributed by atoms with Crippen LogP contribution in [0.4, 0.5) is 0 Å². The van der Waals surface area contributed by atoms with Gasteiger partial charge in [-0.2, -0.15) is 0 Å². The van der Waals surface area contributed by atoms with Crippen LogP contribution in [0.15, 0.2) is 0 Å². The van der Waals surface area contributed by atoms with Crippen LogP contribution in [0, 0.1) is 11.8 Å². The number of ether oxygens (including phenoxy) is 1. The van der Waals surface area contributed by atoms with E-state index in [1.54, 1.807) is 0 Å². The molecule has 0 saturated carbocycles. The summed E-state index contributed by atoms with van der Waals surface area (Å²) in [5.41, 5.74) is 0. The molecule has 1 fully saturated rings. The smallest absolute Gasteiger partial charge is 0.0593 e. The van der Waals surface area contributed by atoms with Gasteiger partial charge in [-0.25, -0.2) is 0 Å². The Morgan fingerprint density at radius 3 is 2.53 bits per heavy atom. The van der Waals surface area contributed by atoms with E-state index >= 15 is 0 Å². The van der Waals surface area contributed by atoms with Gasteiger partial charge in [-0.3, -0.25) is 4.90 Å². The fourth-order valence-corrected chi connectivity index (χ4v) is 2.69. The molecule has 0 amide bonds. The molecule has 2 atom stereocenters. The zero-order chi connectivity index (χ0) is 14.3. The zero-order valence-corrected chi connectivity index (χ0v) is 13.6. The third kappa shape index (κ3) is 7.28. The first-order valence-corrected chi connectivity index (χ1v) is 8.04. The van der Waals surface area contributed by atoms with E-state index in [4.69, 9.17) is 4.74 Å². The lowest BCUT2D eigenvalue weighted by molar-refractivity contribution is 0.0573. The van der Waals surface area contributed by atoms with E-state index < -0.39 is 0 Å². The molecule has 1 aliphatic rings. The summed E-state index contributed by atoms with van der Waals surface area (Å²) in [6, 6.07) is 1.30. The van der Waals surface area contributed by atoms with Crippen molar-refractivity contribution in [2.24, 2.45) is 11.8 Å². The Morgan fingerprint density at radius 2 is 1.89 bits per heavy atom. The van der Waals surface area contributed by atoms with E-state index in [9.17, 15) is 0 Å². The molecule has 1 aliphatic heterocycles. The molecular formula is C16H34N2O. The Balaban J connectivity index is 2.25. The molecule has 2 unspecified atom stereocenters. The van der Waals surface area contributed by atoms with Crippen LogP contribution < -0.4 is 5.32 Å². The van der Waals surface area contributed by atoms with Crippen LogP contribution in [0.2, 0.25) is 0 Å². The maximum Gasteiger partial charge on any atom is 0.0593 e. The van der Waals surface area contributed by atoms with E-state index in [0.29, 0.717) is 12.1 Å². The summed E-state index contributed by atoms with van der Waals surface area (Å²) < 4.78 is 5.77. The number of hydrogen-bond donors (Lipinski definition) is 1. The lowest BCUT2D eigenvalue weighted by atomic mass is 9.99. The lowest BCUT2D eigenvalue weighted by Crippen LogP contribution is -2.56. The van der Waals surface area contributed by atoms with Crippen molar-refractivity contribution in [2.75, 3.05) is 32.8 Å². The molecule has 0 spiro atoms. The van der Waals surface area contributed by atoms with E-state index in [0.717, 1.165) is 44.7 Å². The van der Waals surface area contributed by atoms with Crippen LogP contribution in [0.25, 0.3) is 0 Å². The third-order valence-corrected chi connectivity index (χ3v) is 3.83. The number of nitrogens with zero attached hydrogens (tertiary/aromatic N) is 1. The van der Waals surface area contributed by atoms with Crippen molar-refractivity contribution >= 4 is 0 Å². The van der Waals surface area contributed by atoms with Crippen LogP contribution in [-0.4, -0.2) is 49.8 Å². The van der Waals surface area contributed by atoms with Gasteiger partial charge in [-0.15, -0.1) is 0 Å². The van der Waals surface area contributed by atoms with E-state index in [1.165, 1.54) is 12.8 Å². The summed E-state index contributed by atoms with van der Waals surface area (Å²) >= 11 is 0. The Kier molecular flexibility index (Phi) is 7.96. The molecule has 3 nitrogen and oxygen atoms in total. The predicted molar refractivity (Wildman–Crippen MR) is 82.6 cm³/mol. The highest BCUT2D eigenvalue weighted by Gasteiger charge is 2.25. The van der Waals surface area contributed by atoms with Crippen LogP contribution >= 0.6 is 0 Å². The minimum atomic E-state index is 0.610. The molecule has 114 valence electrons. The summed E-state index contributed by atoms with van der Waals surface area (Å²) in [4.78, 5) is 2.62. The first-order chi connectivity index (χ1) is 8.99. The summed E-state index contributed by atoms with van der Waals surface area (Å²) in [5.74, 6) is 1.51. The summed E-state index contributed by atoms with van der Waals surface area (Å²) in [6.45, 7) is 16.6. The van der Waals surface area contributed by atoms with Gasteiger partial charge < -0.3 is 10.1 Å². The van der Waals surface area contributed by atoms with Gasteiger partial charge in [0.05, 0.1) is 6.61 Å². The highest BCUT2D eigenvalue weighted by atomic mass is 16.5. The monoisotopic (exact) mass is 270 g/mol. The second-order valence-electron chi connectivity index (χ2n) is 6.88. The normalized spacial score (nSPS) is 25.4. The predicted octanol–water partition coefficient (Wildman–Crippen LogP) is 2.76. The Hall–Kier alpha value is -0.120. The topological polar surface area (TPSA) is 24.5 Å². The second kappa shape index (κ2) is 8.93. The van der Waals surface area contributed by atoms with Gasteiger partial charge in [-0.05, 0) is 31.6 Å². The number of hydrogen-bond acceptors (Lipinski definition) is 3. The van der Waals surface area contributed by atoms with E-state index in [-0.39, 0.29) is 0 Å². The summed E-state index contributed by atoms with van der Waals surface area (Å²) in [7, 11) is 0. The number of nitrogens with one attached hydrogen (secondary N) is 1. The largest absolute Gasteiger partial charge is 0.380 e. The van der Waals surface area contributed by atoms with E-state index in [1.807, 2.05) is 0 Å². The Morgan fingerprint density at radius 1 is 1.16 bits per heavy atom. The van der Waals surface area contributed by atoms with Gasteiger partial charge in [-0.1, -0.05) is 27.7 Å². The van der Waals surface area contributed by atoms with Crippen LogP contribution in [0.5, 0.6) is 0 Å². The standard InChI is InChI=1S/C16H34N2O/c1-13(2)6-8-19-9-7-18-12-15(5)17-11-16(18)10-14(3)4/h13-17H,6-12H2,1-5H3. The molecule has 1 rings (SSSR count). The van der Waals surface area contributed by atoms with Crippen molar-refractivity contribution in [3.05, 3.63) is 0 Å². The first-order valence-electron chi connectivity index (χ1n) is 8.04. The fourth-order valence-electron chi connectivity index (χ4n) is 2.69. The molecular weight excluding hydrogens is 236 g/mol. The average molecular weight is 270 g/mol. The van der Waals surface area contributed by atoms with Crippen molar-refractivity contribution in [3.63, 3.8) is 0 Å². The molecule has 19 heavy (non-hydrogen) atoms. The highest BCUT2D eigenvalue weighted by molar-refractivity contribution is 4.84. The maximum atomic E-state index is 5.77. The van der Waals surface area contributed by atoms with Crippen LogP contribution in [-0.2, 0) is 4.74 Å². The van der Waals surface area contributed by atoms with Gasteiger partial charge in [0.1, 0.15) is 0 Å². The van der Waals surface area contributed by atoms with Gasteiger partial charge in [0.2, 0.25) is 0 Å². The molecule has 1 N–H and O–H groups in total. The van der Waals surface area contributed by atoms with Crippen molar-refractivity contribution in [2.45, 2.75) is 59.5 Å². The number of piperazine rings is 1. The third-order valence-electron chi connectivity index (χ3n) is 3.83. The Bertz CT molecular complexity index is 231. The average Bonchev–Trinajstić information content (AvgIpc) is 2.31. The molecule has 1 saturated heterocycles. The Labute approximate surface area is 120 Å². The molecule has 0 radical (unpaired) electrons. The van der Waals surface area contributed by atoms with Gasteiger partial charge in [0, 0.05) is 38.3 Å². The van der Waals surface area contributed by atoms with Gasteiger partial charge in [0.15, 0.2) is 0 Å². The molecule has 1 heterocycles. The minimum absolute atomic E-state index is 0.610. The molecule has 0 bridgehead atoms. The zero-order valence-electron chi connectivity index (χ0n) is 13.6. The first kappa shape index (κ1) is 16.9. The lowest BCUT2D eigenvalue weighted by Gasteiger charge is -2.40. The van der Waals surface area contributed by atoms with Crippen LogP contribution in [0.1, 0.15) is 47.5 Å². The minimum Gasteiger partial charge on any atom is -0.380 e. The van der Waals surface area contributed by atoms with Gasteiger partial charge >= 0.3 is 0 Å². The quantitative estimate of drug-likeness (QED) is 0.686. The van der Waals surface area contributed by atoms with Crippen molar-refractivity contribution < 1.29 is 4.74 Å². The molecule has 0 aromatic rings. The van der Waals surface area contributed by atoms with Crippen molar-refractivity contribution in [1.82, 2.24) is 10.2 Å². The molecule has 3 heteroatoms. The van der Waals surface area contributed by atoms with Gasteiger partial charge in [0.25, 0.3) is 0 Å². The van der Waals surface area contributed by atoms with Crippen molar-refractivity contribution in [1.29, 1.82) is 0 Å². The highest BCUT2D eigenvalue weighted by Crippen LogP contribution is 2.15. The number of rotatable bonds is 8. The second-order valence-corrected chi connectivity index (χ2v) is 6.88. The van der Waals surface area contributed by atoms with Crippen LogP contribution in [0.3, 0.4) is 0 Å². The maximum absolute atomic E-state index is 5.77. The fraction of sp³-hybridized carbons (Fsp3) is 1.00. The SMILES string of the molecule is CC(C)CCOCCN1CC(C)NCC1CC(C)C. The van der Waals surface area contributed by atoms with E-state index in [2.05, 4.69) is 44.8 Å². The summed E-state index contributed by atoms with van der Waals surface area (Å²) in [5, 5.41) is 3.60. The molecule has 0 aromatic carbocycles. The van der Waals surface area contributed by atoms with Crippen molar-refractivity contribution in [3.8, 4) is 0 Å². The molecule has 0 aromatic heterocycles. The summed E-state index contributed by atoms with van der Waals surface area (Å²) in [6.07, 6.45) is 2.46. The molecule has 0 aliphatic carbocycles.